The molecule has 9 heteroatoms. The van der Waals surface area contributed by atoms with E-state index < -0.39 is 18.7 Å². The topological polar surface area (TPSA) is 69.0 Å². The molecule has 26 heavy (non-hydrogen) atoms. The van der Waals surface area contributed by atoms with Crippen LogP contribution in [0.1, 0.15) is 48.5 Å². The molecule has 1 aliphatic rings. The van der Waals surface area contributed by atoms with E-state index in [-0.39, 0.29) is 17.5 Å². The molecule has 0 radical (unpaired) electrons. The van der Waals surface area contributed by atoms with Crippen molar-refractivity contribution in [2.75, 3.05) is 11.9 Å². The molecule has 2 aromatic heterocycles. The Labute approximate surface area is 148 Å². The summed E-state index contributed by atoms with van der Waals surface area (Å²) in [6.07, 6.45) is 3.93. The van der Waals surface area contributed by atoms with Crippen molar-refractivity contribution in [1.82, 2.24) is 14.8 Å². The summed E-state index contributed by atoms with van der Waals surface area (Å²) in [6.45, 7) is -1.42. The van der Waals surface area contributed by atoms with Crippen molar-refractivity contribution >= 4 is 11.7 Å². The summed E-state index contributed by atoms with van der Waals surface area (Å²) in [7, 11) is 0. The number of aromatic nitrogens is 3. The molecule has 1 amide bonds. The zero-order chi connectivity index (χ0) is 18.6. The molecule has 0 atom stereocenters. The van der Waals surface area contributed by atoms with Crippen molar-refractivity contribution in [1.29, 1.82) is 0 Å². The van der Waals surface area contributed by atoms with E-state index in [0.717, 1.165) is 25.7 Å². The number of ether oxygens (including phenoxy) is 1. The van der Waals surface area contributed by atoms with Crippen LogP contribution in [0.4, 0.5) is 19.0 Å². The van der Waals surface area contributed by atoms with Crippen molar-refractivity contribution in [3.8, 4) is 5.88 Å². The van der Waals surface area contributed by atoms with Gasteiger partial charge in [0.2, 0.25) is 5.88 Å². The summed E-state index contributed by atoms with van der Waals surface area (Å²) in [5.41, 5.74) is 0.223. The molecular formula is C17H19F3N4O2. The monoisotopic (exact) mass is 368 g/mol. The van der Waals surface area contributed by atoms with Gasteiger partial charge in [0.05, 0.1) is 17.8 Å². The molecule has 0 spiro atoms. The number of hydrogen-bond donors (Lipinski definition) is 1. The second-order valence-electron chi connectivity index (χ2n) is 6.20. The highest BCUT2D eigenvalue weighted by molar-refractivity contribution is 6.03. The summed E-state index contributed by atoms with van der Waals surface area (Å²) in [6, 6.07) is 4.60. The van der Waals surface area contributed by atoms with Gasteiger partial charge in [-0.15, -0.1) is 0 Å². The predicted molar refractivity (Wildman–Crippen MR) is 88.1 cm³/mol. The maximum absolute atomic E-state index is 12.4. The van der Waals surface area contributed by atoms with Crippen LogP contribution in [0.25, 0.3) is 0 Å². The molecule has 0 aliphatic heterocycles. The number of hydrogen-bond acceptors (Lipinski definition) is 4. The van der Waals surface area contributed by atoms with Gasteiger partial charge in [-0.2, -0.15) is 18.3 Å². The van der Waals surface area contributed by atoms with Crippen LogP contribution in [0.2, 0.25) is 0 Å². The second-order valence-corrected chi connectivity index (χ2v) is 6.20. The van der Waals surface area contributed by atoms with Gasteiger partial charge in [0.25, 0.3) is 5.91 Å². The van der Waals surface area contributed by atoms with Gasteiger partial charge in [-0.3, -0.25) is 4.79 Å². The van der Waals surface area contributed by atoms with Crippen LogP contribution in [0.3, 0.4) is 0 Å². The standard InChI is InChI=1S/C17H19F3N4O2/c18-17(19,20)11-26-15-7-6-12(10-21-15)16(25)23-14-8-9-22-24(14)13-4-2-1-3-5-13/h6-10,13H,1-5,11H2,(H,23,25). The van der Waals surface area contributed by atoms with Gasteiger partial charge in [0, 0.05) is 18.3 Å². The first-order chi connectivity index (χ1) is 12.4. The maximum Gasteiger partial charge on any atom is 0.422 e. The summed E-state index contributed by atoms with van der Waals surface area (Å²) in [5.74, 6) is 0.00264. The number of carbonyl (C=O) groups is 1. The number of pyridine rings is 1. The van der Waals surface area contributed by atoms with Gasteiger partial charge in [0.15, 0.2) is 6.61 Å². The molecule has 0 bridgehead atoms. The Morgan fingerprint density at radius 2 is 2.00 bits per heavy atom. The molecule has 140 valence electrons. The quantitative estimate of drug-likeness (QED) is 0.867. The van der Waals surface area contributed by atoms with Gasteiger partial charge in [0.1, 0.15) is 5.82 Å². The van der Waals surface area contributed by atoms with Crippen molar-refractivity contribution < 1.29 is 22.7 Å². The Morgan fingerprint density at radius 3 is 2.65 bits per heavy atom. The van der Waals surface area contributed by atoms with E-state index in [1.54, 1.807) is 12.3 Å². The van der Waals surface area contributed by atoms with Crippen LogP contribution in [0.15, 0.2) is 30.6 Å². The highest BCUT2D eigenvalue weighted by atomic mass is 19.4. The van der Waals surface area contributed by atoms with Crippen LogP contribution in [0, 0.1) is 0 Å². The minimum Gasteiger partial charge on any atom is -0.468 e. The third kappa shape index (κ3) is 4.74. The first-order valence-electron chi connectivity index (χ1n) is 8.43. The van der Waals surface area contributed by atoms with Gasteiger partial charge in [-0.05, 0) is 18.9 Å². The minimum absolute atomic E-state index is 0.189. The fourth-order valence-electron chi connectivity index (χ4n) is 2.97. The molecule has 1 aliphatic carbocycles. The average Bonchev–Trinajstić information content (AvgIpc) is 3.08. The average molecular weight is 368 g/mol. The number of amides is 1. The SMILES string of the molecule is O=C(Nc1ccnn1C1CCCCC1)c1ccc(OCC(F)(F)F)nc1. The Bertz CT molecular complexity index is 737. The largest absolute Gasteiger partial charge is 0.468 e. The smallest absolute Gasteiger partial charge is 0.422 e. The zero-order valence-electron chi connectivity index (χ0n) is 14.0. The first kappa shape index (κ1) is 18.2. The molecule has 1 N–H and O–H groups in total. The van der Waals surface area contributed by atoms with Gasteiger partial charge >= 0.3 is 6.18 Å². The van der Waals surface area contributed by atoms with Crippen LogP contribution >= 0.6 is 0 Å². The summed E-state index contributed by atoms with van der Waals surface area (Å²) in [4.78, 5) is 16.1. The lowest BCUT2D eigenvalue weighted by Crippen LogP contribution is -2.21. The fraction of sp³-hybridized carbons (Fsp3) is 0.471. The number of carbonyl (C=O) groups excluding carboxylic acids is 1. The Kier molecular flexibility index (Phi) is 5.43. The number of halogens is 3. The Balaban J connectivity index is 1.62. The van der Waals surface area contributed by atoms with E-state index in [2.05, 4.69) is 20.1 Å². The van der Waals surface area contributed by atoms with E-state index in [0.29, 0.717) is 5.82 Å². The molecule has 1 fully saturated rings. The van der Waals surface area contributed by atoms with Crippen molar-refractivity contribution in [3.63, 3.8) is 0 Å². The van der Waals surface area contributed by atoms with Crippen molar-refractivity contribution in [2.24, 2.45) is 0 Å². The highest BCUT2D eigenvalue weighted by Crippen LogP contribution is 2.30. The predicted octanol–water partition coefficient (Wildman–Crippen LogP) is 3.98. The summed E-state index contributed by atoms with van der Waals surface area (Å²) >= 11 is 0. The lowest BCUT2D eigenvalue weighted by molar-refractivity contribution is -0.154. The fourth-order valence-corrected chi connectivity index (χ4v) is 2.97. The first-order valence-corrected chi connectivity index (χ1v) is 8.43. The summed E-state index contributed by atoms with van der Waals surface area (Å²) < 4.78 is 42.7. The van der Waals surface area contributed by atoms with Gasteiger partial charge in [-0.25, -0.2) is 9.67 Å². The third-order valence-electron chi connectivity index (χ3n) is 4.21. The van der Waals surface area contributed by atoms with Crippen LogP contribution in [0.5, 0.6) is 5.88 Å². The van der Waals surface area contributed by atoms with Crippen LogP contribution in [-0.2, 0) is 0 Å². The Hall–Kier alpha value is -2.58. The van der Waals surface area contributed by atoms with Crippen LogP contribution in [-0.4, -0.2) is 33.5 Å². The molecule has 6 nitrogen and oxygen atoms in total. The Morgan fingerprint density at radius 1 is 1.23 bits per heavy atom. The molecule has 0 aromatic carbocycles. The third-order valence-corrected chi connectivity index (χ3v) is 4.21. The lowest BCUT2D eigenvalue weighted by atomic mass is 9.96. The zero-order valence-corrected chi connectivity index (χ0v) is 14.0. The van der Waals surface area contributed by atoms with E-state index in [4.69, 9.17) is 0 Å². The molecule has 0 unspecified atom stereocenters. The normalized spacial score (nSPS) is 15.7. The number of nitrogens with one attached hydrogen (secondary N) is 1. The maximum atomic E-state index is 12.4. The van der Waals surface area contributed by atoms with Gasteiger partial charge < -0.3 is 10.1 Å². The van der Waals surface area contributed by atoms with Crippen molar-refractivity contribution in [3.05, 3.63) is 36.2 Å². The van der Waals surface area contributed by atoms with E-state index in [1.807, 2.05) is 4.68 Å². The van der Waals surface area contributed by atoms with E-state index in [9.17, 15) is 18.0 Å². The number of anilines is 1. The molecule has 0 saturated heterocycles. The van der Waals surface area contributed by atoms with E-state index >= 15 is 0 Å². The highest BCUT2D eigenvalue weighted by Gasteiger charge is 2.28. The number of alkyl halides is 3. The second kappa shape index (κ2) is 7.76. The molecular weight excluding hydrogens is 349 g/mol. The van der Waals surface area contributed by atoms with E-state index in [1.165, 1.54) is 24.8 Å². The van der Waals surface area contributed by atoms with Crippen molar-refractivity contribution in [2.45, 2.75) is 44.3 Å². The van der Waals surface area contributed by atoms with Crippen LogP contribution < -0.4 is 10.1 Å². The lowest BCUT2D eigenvalue weighted by Gasteiger charge is -2.23. The number of rotatable bonds is 5. The molecule has 2 heterocycles. The van der Waals surface area contributed by atoms with Gasteiger partial charge in [-0.1, -0.05) is 19.3 Å². The molecule has 2 aromatic rings. The number of nitrogens with zero attached hydrogens (tertiary/aromatic N) is 3. The molecule has 1 saturated carbocycles. The minimum atomic E-state index is -4.44. The summed E-state index contributed by atoms with van der Waals surface area (Å²) in [5, 5.41) is 7.09. The molecule has 3 rings (SSSR count).